The summed E-state index contributed by atoms with van der Waals surface area (Å²) >= 11 is 0. The van der Waals surface area contributed by atoms with Gasteiger partial charge in [-0.05, 0) is 22.8 Å². The van der Waals surface area contributed by atoms with E-state index in [1.54, 1.807) is 0 Å². The number of hydrogen-bond acceptors (Lipinski definition) is 4. The highest BCUT2D eigenvalue weighted by molar-refractivity contribution is 5.29. The molecule has 2 aromatic carbocycles. The van der Waals surface area contributed by atoms with E-state index < -0.39 is 0 Å². The van der Waals surface area contributed by atoms with E-state index in [2.05, 4.69) is 81.5 Å². The Balaban J connectivity index is 1.26. The highest BCUT2D eigenvalue weighted by Gasteiger charge is 2.18. The summed E-state index contributed by atoms with van der Waals surface area (Å²) < 4.78 is 6.38. The van der Waals surface area contributed by atoms with Crippen LogP contribution in [0.4, 0.5) is 0 Å². The number of piperazine rings is 1. The molecule has 29 heavy (non-hydrogen) atoms. The zero-order chi connectivity index (χ0) is 19.7. The quantitative estimate of drug-likeness (QED) is 0.584. The molecule has 4 nitrogen and oxygen atoms in total. The molecule has 1 fully saturated rings. The van der Waals surface area contributed by atoms with Gasteiger partial charge in [-0.1, -0.05) is 66.7 Å². The topological polar surface area (TPSA) is 28.6 Å². The lowest BCUT2D eigenvalue weighted by Crippen LogP contribution is -2.46. The van der Waals surface area contributed by atoms with Gasteiger partial charge in [-0.2, -0.15) is 0 Å². The Morgan fingerprint density at radius 3 is 1.97 bits per heavy atom. The lowest BCUT2D eigenvalue weighted by atomic mass is 10.0. The SMILES string of the molecule is c1ccc(C(OCCN2CCN(Cc3cccnc3)CC2)c2ccccc2)cc1. The minimum absolute atomic E-state index is 0.00994. The van der Waals surface area contributed by atoms with Crippen LogP contribution < -0.4 is 0 Å². The number of nitrogens with zero attached hydrogens (tertiary/aromatic N) is 3. The number of benzene rings is 2. The summed E-state index contributed by atoms with van der Waals surface area (Å²) in [6, 6.07) is 25.2. The molecule has 2 heterocycles. The molecule has 0 bridgehead atoms. The van der Waals surface area contributed by atoms with Crippen molar-refractivity contribution in [1.29, 1.82) is 0 Å². The molecule has 0 unspecified atom stereocenters. The van der Waals surface area contributed by atoms with Crippen LogP contribution in [-0.4, -0.2) is 54.1 Å². The second-order valence-corrected chi connectivity index (χ2v) is 7.55. The van der Waals surface area contributed by atoms with E-state index in [4.69, 9.17) is 4.74 Å². The van der Waals surface area contributed by atoms with Gasteiger partial charge < -0.3 is 4.74 Å². The first-order chi connectivity index (χ1) is 14.4. The first-order valence-corrected chi connectivity index (χ1v) is 10.4. The van der Waals surface area contributed by atoms with Crippen LogP contribution in [0.5, 0.6) is 0 Å². The highest BCUT2D eigenvalue weighted by atomic mass is 16.5. The van der Waals surface area contributed by atoms with Gasteiger partial charge in [-0.3, -0.25) is 14.8 Å². The smallest absolute Gasteiger partial charge is 0.108 e. The van der Waals surface area contributed by atoms with Crippen molar-refractivity contribution < 1.29 is 4.74 Å². The molecule has 0 radical (unpaired) electrons. The van der Waals surface area contributed by atoms with Crippen LogP contribution in [0.3, 0.4) is 0 Å². The first kappa shape index (κ1) is 19.8. The fourth-order valence-corrected chi connectivity index (χ4v) is 3.86. The molecule has 3 aromatic rings. The molecule has 0 aliphatic carbocycles. The van der Waals surface area contributed by atoms with Crippen molar-refractivity contribution in [2.75, 3.05) is 39.3 Å². The maximum Gasteiger partial charge on any atom is 0.108 e. The molecule has 0 amide bonds. The molecule has 0 spiro atoms. The van der Waals surface area contributed by atoms with Crippen molar-refractivity contribution in [2.45, 2.75) is 12.6 Å². The molecule has 0 atom stereocenters. The van der Waals surface area contributed by atoms with Crippen LogP contribution in [0.25, 0.3) is 0 Å². The van der Waals surface area contributed by atoms with Crippen molar-refractivity contribution in [3.63, 3.8) is 0 Å². The molecular weight excluding hydrogens is 358 g/mol. The number of hydrogen-bond donors (Lipinski definition) is 0. The maximum atomic E-state index is 6.38. The second kappa shape index (κ2) is 10.3. The van der Waals surface area contributed by atoms with E-state index in [9.17, 15) is 0 Å². The van der Waals surface area contributed by atoms with Crippen molar-refractivity contribution in [1.82, 2.24) is 14.8 Å². The Morgan fingerprint density at radius 2 is 1.38 bits per heavy atom. The zero-order valence-corrected chi connectivity index (χ0v) is 16.9. The number of ether oxygens (including phenoxy) is 1. The lowest BCUT2D eigenvalue weighted by Gasteiger charge is -2.34. The van der Waals surface area contributed by atoms with Gasteiger partial charge in [0, 0.05) is 51.7 Å². The Bertz CT molecular complexity index is 794. The molecule has 0 saturated carbocycles. The number of rotatable bonds is 8. The summed E-state index contributed by atoms with van der Waals surface area (Å²) in [6.07, 6.45) is 3.79. The molecule has 1 aliphatic heterocycles. The van der Waals surface area contributed by atoms with E-state index in [1.165, 1.54) is 16.7 Å². The van der Waals surface area contributed by atoms with E-state index >= 15 is 0 Å². The van der Waals surface area contributed by atoms with Crippen molar-refractivity contribution in [2.24, 2.45) is 0 Å². The van der Waals surface area contributed by atoms with Gasteiger partial charge in [0.2, 0.25) is 0 Å². The van der Waals surface area contributed by atoms with Gasteiger partial charge in [-0.15, -0.1) is 0 Å². The fourth-order valence-electron chi connectivity index (χ4n) is 3.86. The summed E-state index contributed by atoms with van der Waals surface area (Å²) in [5.41, 5.74) is 3.71. The average Bonchev–Trinajstić information content (AvgIpc) is 2.80. The summed E-state index contributed by atoms with van der Waals surface area (Å²) in [6.45, 7) is 7.05. The van der Waals surface area contributed by atoms with Gasteiger partial charge in [0.05, 0.1) is 6.61 Å². The van der Waals surface area contributed by atoms with Crippen molar-refractivity contribution in [3.8, 4) is 0 Å². The van der Waals surface area contributed by atoms with Crippen molar-refractivity contribution >= 4 is 0 Å². The van der Waals surface area contributed by atoms with Crippen LogP contribution in [0.1, 0.15) is 22.8 Å². The summed E-state index contributed by atoms with van der Waals surface area (Å²) in [5.74, 6) is 0. The minimum Gasteiger partial charge on any atom is -0.367 e. The third kappa shape index (κ3) is 5.73. The van der Waals surface area contributed by atoms with E-state index in [0.717, 1.165) is 45.9 Å². The Hall–Kier alpha value is -2.53. The van der Waals surface area contributed by atoms with Crippen LogP contribution in [-0.2, 0) is 11.3 Å². The molecule has 1 aromatic heterocycles. The number of aromatic nitrogens is 1. The van der Waals surface area contributed by atoms with Gasteiger partial charge in [-0.25, -0.2) is 0 Å². The first-order valence-electron chi connectivity index (χ1n) is 10.4. The lowest BCUT2D eigenvalue weighted by molar-refractivity contribution is 0.0442. The summed E-state index contributed by atoms with van der Waals surface area (Å²) in [4.78, 5) is 9.23. The normalized spacial score (nSPS) is 15.6. The van der Waals surface area contributed by atoms with Gasteiger partial charge >= 0.3 is 0 Å². The Morgan fingerprint density at radius 1 is 0.759 bits per heavy atom. The van der Waals surface area contributed by atoms with Crippen LogP contribution in [0.15, 0.2) is 85.2 Å². The molecular formula is C25H29N3O. The van der Waals surface area contributed by atoms with E-state index in [0.29, 0.717) is 0 Å². The van der Waals surface area contributed by atoms with Gasteiger partial charge in [0.15, 0.2) is 0 Å². The monoisotopic (exact) mass is 387 g/mol. The average molecular weight is 388 g/mol. The largest absolute Gasteiger partial charge is 0.367 e. The Labute approximate surface area is 173 Å². The van der Waals surface area contributed by atoms with Crippen molar-refractivity contribution in [3.05, 3.63) is 102 Å². The van der Waals surface area contributed by atoms with Crippen LogP contribution in [0.2, 0.25) is 0 Å². The third-order valence-corrected chi connectivity index (χ3v) is 5.49. The summed E-state index contributed by atoms with van der Waals surface area (Å²) in [5, 5.41) is 0. The Kier molecular flexibility index (Phi) is 7.03. The molecule has 1 saturated heterocycles. The molecule has 150 valence electrons. The summed E-state index contributed by atoms with van der Waals surface area (Å²) in [7, 11) is 0. The molecule has 0 N–H and O–H groups in total. The second-order valence-electron chi connectivity index (χ2n) is 7.55. The van der Waals surface area contributed by atoms with Crippen LogP contribution >= 0.6 is 0 Å². The highest BCUT2D eigenvalue weighted by Crippen LogP contribution is 2.25. The minimum atomic E-state index is -0.00994. The van der Waals surface area contributed by atoms with E-state index in [1.807, 2.05) is 18.5 Å². The fraction of sp³-hybridized carbons (Fsp3) is 0.320. The predicted molar refractivity (Wildman–Crippen MR) is 117 cm³/mol. The molecule has 4 rings (SSSR count). The number of pyridine rings is 1. The zero-order valence-electron chi connectivity index (χ0n) is 16.9. The van der Waals surface area contributed by atoms with Gasteiger partial charge in [0.25, 0.3) is 0 Å². The van der Waals surface area contributed by atoms with Crippen LogP contribution in [0, 0.1) is 0 Å². The maximum absolute atomic E-state index is 6.38. The molecule has 4 heteroatoms. The van der Waals surface area contributed by atoms with E-state index in [-0.39, 0.29) is 6.10 Å². The van der Waals surface area contributed by atoms with Gasteiger partial charge in [0.1, 0.15) is 6.10 Å². The molecule has 1 aliphatic rings. The third-order valence-electron chi connectivity index (χ3n) is 5.49. The predicted octanol–water partition coefficient (Wildman–Crippen LogP) is 4.01. The standard InChI is InChI=1S/C25H29N3O/c1-3-9-23(10-4-1)25(24-11-5-2-6-12-24)29-19-18-27-14-16-28(17-15-27)21-22-8-7-13-26-20-22/h1-13,20,25H,14-19,21H2.